The zero-order valence-electron chi connectivity index (χ0n) is 11.6. The third-order valence-corrected chi connectivity index (χ3v) is 2.80. The molecule has 0 spiro atoms. The first-order valence-electron chi connectivity index (χ1n) is 6.58. The Morgan fingerprint density at radius 2 is 1.82 bits per heavy atom. The lowest BCUT2D eigenvalue weighted by atomic mass is 10.3. The summed E-state index contributed by atoms with van der Waals surface area (Å²) in [5.41, 5.74) is 2.75. The van der Waals surface area contributed by atoms with Gasteiger partial charge >= 0.3 is 0 Å². The van der Waals surface area contributed by atoms with Gasteiger partial charge in [0.25, 0.3) is 0 Å². The second-order valence-corrected chi connectivity index (χ2v) is 3.82. The monoisotopic (exact) mass is 224 g/mol. The molecule has 0 saturated carbocycles. The maximum atomic E-state index is 7.92. The van der Waals surface area contributed by atoms with E-state index in [2.05, 4.69) is 6.33 Å². The number of para-hydroxylation sites is 3. The van der Waals surface area contributed by atoms with Crippen LogP contribution in [-0.4, -0.2) is 4.57 Å². The molecule has 0 bridgehead atoms. The Hall–Kier alpha value is -2.09. The lowest BCUT2D eigenvalue weighted by Crippen LogP contribution is -2.30. The summed E-state index contributed by atoms with van der Waals surface area (Å²) in [5.74, 6) is 0. The van der Waals surface area contributed by atoms with Crippen LogP contribution in [-0.2, 0) is 6.50 Å². The van der Waals surface area contributed by atoms with Crippen LogP contribution in [0.4, 0.5) is 0 Å². The molecule has 3 rings (SSSR count). The van der Waals surface area contributed by atoms with Crippen LogP contribution >= 0.6 is 0 Å². The highest BCUT2D eigenvalue weighted by molar-refractivity contribution is 5.73. The Labute approximate surface area is 104 Å². The molecule has 1 aromatic heterocycles. The van der Waals surface area contributed by atoms with Gasteiger partial charge in [0.1, 0.15) is 0 Å². The number of nitrogens with zero attached hydrogens (tertiary/aromatic N) is 2. The van der Waals surface area contributed by atoms with Crippen LogP contribution in [0.15, 0.2) is 54.6 Å². The average molecular weight is 224 g/mol. The number of fused-ring (bicyclic) bond motifs is 1. The average Bonchev–Trinajstić information content (AvgIpc) is 2.79. The first-order valence-corrected chi connectivity index (χ1v) is 5.58. The summed E-state index contributed by atoms with van der Waals surface area (Å²) >= 11 is 0. The largest absolute Gasteiger partial charge is 0.319 e. The normalized spacial score (nSPS) is 13.5. The van der Waals surface area contributed by atoms with Gasteiger partial charge in [-0.05, 0) is 6.92 Å². The lowest BCUT2D eigenvalue weighted by Gasteiger charge is -2.03. The molecule has 0 amide bonds. The van der Waals surface area contributed by atoms with Gasteiger partial charge < -0.3 is 9.13 Å². The van der Waals surface area contributed by atoms with Crippen molar-refractivity contribution in [2.45, 2.75) is 13.4 Å². The summed E-state index contributed by atoms with van der Waals surface area (Å²) in [5, 5.41) is 0. The third kappa shape index (κ3) is 1.62. The van der Waals surface area contributed by atoms with Crippen LogP contribution in [0.25, 0.3) is 16.7 Å². The molecule has 17 heavy (non-hydrogen) atoms. The Morgan fingerprint density at radius 1 is 1.12 bits per heavy atom. The number of aromatic nitrogens is 2. The van der Waals surface area contributed by atoms with Crippen LogP contribution < -0.4 is 4.57 Å². The van der Waals surface area contributed by atoms with E-state index >= 15 is 0 Å². The molecule has 0 atom stereocenters. The van der Waals surface area contributed by atoms with Gasteiger partial charge in [0.15, 0.2) is 0 Å². The van der Waals surface area contributed by atoms with E-state index in [1.54, 1.807) is 0 Å². The maximum Gasteiger partial charge on any atom is 0.244 e. The molecule has 0 fully saturated rings. The van der Waals surface area contributed by atoms with Crippen molar-refractivity contribution >= 4 is 11.0 Å². The minimum atomic E-state index is -1.49. The summed E-state index contributed by atoms with van der Waals surface area (Å²) < 4.78 is 19.3. The summed E-state index contributed by atoms with van der Waals surface area (Å²) in [6, 6.07) is 17.6. The van der Waals surface area contributed by atoms with Crippen molar-refractivity contribution in [3.63, 3.8) is 0 Å². The van der Waals surface area contributed by atoms with E-state index in [0.717, 1.165) is 16.7 Å². The third-order valence-electron chi connectivity index (χ3n) is 2.80. The fourth-order valence-electron chi connectivity index (χ4n) is 1.99. The minimum Gasteiger partial charge on any atom is -0.319 e. The SMILES string of the molecule is [2H]C([2H])(C)[n+]1[c-]n(-c2ccccc2)c2ccccc21. The number of aryl methyl sites for hydroxylation is 1. The fraction of sp³-hybridized carbons (Fsp3) is 0.133. The van der Waals surface area contributed by atoms with E-state index in [9.17, 15) is 0 Å². The van der Waals surface area contributed by atoms with Crippen LogP contribution in [0, 0.1) is 6.33 Å². The van der Waals surface area contributed by atoms with E-state index in [-0.39, 0.29) is 0 Å². The van der Waals surface area contributed by atoms with E-state index in [0.29, 0.717) is 0 Å². The Bertz CT molecular complexity index is 712. The van der Waals surface area contributed by atoms with Crippen LogP contribution in [0.2, 0.25) is 0 Å². The number of hydrogen-bond donors (Lipinski definition) is 0. The molecule has 2 nitrogen and oxygen atoms in total. The topological polar surface area (TPSA) is 8.81 Å². The van der Waals surface area contributed by atoms with Crippen molar-refractivity contribution in [2.24, 2.45) is 0 Å². The van der Waals surface area contributed by atoms with Crippen molar-refractivity contribution in [3.05, 3.63) is 60.9 Å². The van der Waals surface area contributed by atoms with Gasteiger partial charge in [-0.2, -0.15) is 0 Å². The standard InChI is InChI=1S/C15H14N2/c1-2-16-12-17(13-8-4-3-5-9-13)15-11-7-6-10-14(15)16/h3-11H,2H2,1H3/i2D2. The second kappa shape index (κ2) is 4.06. The van der Waals surface area contributed by atoms with Gasteiger partial charge in [-0.25, -0.2) is 0 Å². The van der Waals surface area contributed by atoms with E-state index in [1.165, 1.54) is 11.5 Å². The van der Waals surface area contributed by atoms with Gasteiger partial charge in [-0.3, -0.25) is 0 Å². The molecule has 84 valence electrons. The molecule has 0 aliphatic rings. The zero-order valence-corrected chi connectivity index (χ0v) is 9.59. The molecular weight excluding hydrogens is 208 g/mol. The van der Waals surface area contributed by atoms with Crippen LogP contribution in [0.5, 0.6) is 0 Å². The van der Waals surface area contributed by atoms with Gasteiger partial charge in [-0.15, -0.1) is 0 Å². The number of benzene rings is 2. The minimum absolute atomic E-state index is 0.832. The van der Waals surface area contributed by atoms with Crippen LogP contribution in [0.3, 0.4) is 0 Å². The van der Waals surface area contributed by atoms with Crippen molar-refractivity contribution in [3.8, 4) is 5.69 Å². The Morgan fingerprint density at radius 3 is 2.59 bits per heavy atom. The number of imidazole rings is 1. The van der Waals surface area contributed by atoms with Gasteiger partial charge in [0, 0.05) is 0 Å². The van der Waals surface area contributed by atoms with E-state index in [4.69, 9.17) is 2.74 Å². The van der Waals surface area contributed by atoms with E-state index < -0.39 is 6.50 Å². The molecule has 0 saturated heterocycles. The molecule has 0 radical (unpaired) electrons. The molecule has 0 N–H and O–H groups in total. The Balaban J connectivity index is 2.33. The number of hydrogen-bond acceptors (Lipinski definition) is 0. The molecule has 3 aromatic rings. The molecular formula is C15H14N2. The predicted octanol–water partition coefficient (Wildman–Crippen LogP) is 2.74. The maximum absolute atomic E-state index is 7.92. The summed E-state index contributed by atoms with van der Waals surface area (Å²) in [6.07, 6.45) is 3.10. The number of rotatable bonds is 2. The highest BCUT2D eigenvalue weighted by Gasteiger charge is 2.06. The van der Waals surface area contributed by atoms with Gasteiger partial charge in [-0.1, -0.05) is 54.6 Å². The van der Waals surface area contributed by atoms with Gasteiger partial charge in [0.2, 0.25) is 6.33 Å². The zero-order chi connectivity index (χ0) is 13.5. The molecule has 0 unspecified atom stereocenters. The Kier molecular flexibility index (Phi) is 1.92. The predicted molar refractivity (Wildman–Crippen MR) is 68.0 cm³/mol. The summed E-state index contributed by atoms with van der Waals surface area (Å²) in [4.78, 5) is 0. The molecule has 2 heteroatoms. The lowest BCUT2D eigenvalue weighted by molar-refractivity contribution is -0.672. The fourth-order valence-corrected chi connectivity index (χ4v) is 1.99. The molecule has 1 heterocycles. The quantitative estimate of drug-likeness (QED) is 0.467. The highest BCUT2D eigenvalue weighted by Crippen LogP contribution is 2.15. The first-order chi connectivity index (χ1) is 9.07. The van der Waals surface area contributed by atoms with Gasteiger partial charge in [0.05, 0.1) is 26.0 Å². The van der Waals surface area contributed by atoms with E-state index in [1.807, 2.05) is 59.2 Å². The molecule has 0 aliphatic heterocycles. The highest BCUT2D eigenvalue weighted by atomic mass is 15.1. The summed E-state index contributed by atoms with van der Waals surface area (Å²) in [6.45, 7) is 0.0465. The van der Waals surface area contributed by atoms with Crippen LogP contribution in [0.1, 0.15) is 9.67 Å². The van der Waals surface area contributed by atoms with Crippen molar-refractivity contribution in [2.75, 3.05) is 0 Å². The molecule has 2 aromatic carbocycles. The summed E-state index contributed by atoms with van der Waals surface area (Å²) in [7, 11) is 0. The van der Waals surface area contributed by atoms with Crippen molar-refractivity contribution in [1.29, 1.82) is 0 Å². The van der Waals surface area contributed by atoms with Crippen molar-refractivity contribution in [1.82, 2.24) is 4.57 Å². The molecule has 0 aliphatic carbocycles. The smallest absolute Gasteiger partial charge is 0.244 e. The first kappa shape index (κ1) is 8.07. The van der Waals surface area contributed by atoms with Crippen molar-refractivity contribution < 1.29 is 7.31 Å². The second-order valence-electron chi connectivity index (χ2n) is 3.82.